The summed E-state index contributed by atoms with van der Waals surface area (Å²) in [5, 5.41) is 13.5. The Morgan fingerprint density at radius 1 is 1.15 bits per heavy atom. The van der Waals surface area contributed by atoms with Gasteiger partial charge in [0.25, 0.3) is 11.6 Å². The smallest absolute Gasteiger partial charge is 0.282 e. The average Bonchev–Trinajstić information content (AvgIpc) is 2.46. The molecule has 0 unspecified atom stereocenters. The summed E-state index contributed by atoms with van der Waals surface area (Å²) >= 11 is 3.33. The summed E-state index contributed by atoms with van der Waals surface area (Å²) in [5.41, 5.74) is 0.788. The fraction of sp³-hybridized carbons (Fsp3) is 0.0714. The third-order valence-electron chi connectivity index (χ3n) is 2.71. The van der Waals surface area contributed by atoms with Crippen molar-refractivity contribution in [2.75, 3.05) is 0 Å². The molecule has 0 aliphatic heterocycles. The van der Waals surface area contributed by atoms with Gasteiger partial charge in [0, 0.05) is 17.1 Å². The van der Waals surface area contributed by atoms with E-state index in [9.17, 15) is 14.9 Å². The van der Waals surface area contributed by atoms with E-state index in [2.05, 4.69) is 21.2 Å². The molecular weight excluding hydrogens is 324 g/mol. The number of rotatable bonds is 4. The Balaban J connectivity index is 2.09. The van der Waals surface area contributed by atoms with Gasteiger partial charge in [0.05, 0.1) is 4.92 Å². The number of nitro groups is 1. The first kappa shape index (κ1) is 14.2. The zero-order valence-corrected chi connectivity index (χ0v) is 12.0. The lowest BCUT2D eigenvalue weighted by molar-refractivity contribution is -0.385. The quantitative estimate of drug-likeness (QED) is 0.688. The minimum atomic E-state index is -0.561. The summed E-state index contributed by atoms with van der Waals surface area (Å²) in [6, 6.07) is 13.3. The van der Waals surface area contributed by atoms with Crippen LogP contribution in [0.1, 0.15) is 15.9 Å². The van der Waals surface area contributed by atoms with Gasteiger partial charge in [-0.05, 0) is 23.8 Å². The lowest BCUT2D eigenvalue weighted by atomic mass is 10.1. The Kier molecular flexibility index (Phi) is 4.47. The van der Waals surface area contributed by atoms with Gasteiger partial charge in [-0.3, -0.25) is 14.9 Å². The summed E-state index contributed by atoms with van der Waals surface area (Å²) < 4.78 is 0.950. The van der Waals surface area contributed by atoms with E-state index in [1.807, 2.05) is 24.3 Å². The third kappa shape index (κ3) is 3.42. The summed E-state index contributed by atoms with van der Waals surface area (Å²) in [5.74, 6) is -0.458. The largest absolute Gasteiger partial charge is 0.348 e. The van der Waals surface area contributed by atoms with Crippen LogP contribution in [0.2, 0.25) is 0 Å². The van der Waals surface area contributed by atoms with Crippen LogP contribution in [0.4, 0.5) is 5.69 Å². The number of amides is 1. The molecule has 102 valence electrons. The van der Waals surface area contributed by atoms with E-state index >= 15 is 0 Å². The van der Waals surface area contributed by atoms with E-state index in [0.717, 1.165) is 10.0 Å². The number of nitrogens with zero attached hydrogens (tertiary/aromatic N) is 1. The van der Waals surface area contributed by atoms with Crippen molar-refractivity contribution in [3.63, 3.8) is 0 Å². The predicted octanol–water partition coefficient (Wildman–Crippen LogP) is 3.29. The Hall–Kier alpha value is -2.21. The van der Waals surface area contributed by atoms with Crippen LogP contribution in [0.5, 0.6) is 0 Å². The minimum Gasteiger partial charge on any atom is -0.348 e. The molecule has 0 saturated heterocycles. The number of benzene rings is 2. The molecule has 0 aliphatic carbocycles. The Bertz CT molecular complexity index is 641. The molecule has 0 heterocycles. The Morgan fingerprint density at radius 3 is 2.45 bits per heavy atom. The summed E-state index contributed by atoms with van der Waals surface area (Å²) in [6.07, 6.45) is 0. The Labute approximate surface area is 123 Å². The van der Waals surface area contributed by atoms with Crippen LogP contribution < -0.4 is 5.32 Å². The second-order valence-electron chi connectivity index (χ2n) is 4.08. The molecule has 0 fully saturated rings. The number of para-hydroxylation sites is 1. The van der Waals surface area contributed by atoms with E-state index in [1.165, 1.54) is 18.2 Å². The molecule has 2 aromatic carbocycles. The highest BCUT2D eigenvalue weighted by Gasteiger charge is 2.18. The van der Waals surface area contributed by atoms with Gasteiger partial charge in [0.15, 0.2) is 0 Å². The standard InChI is InChI=1S/C14H11BrN2O3/c15-11-7-5-10(6-8-11)9-16-14(18)12-3-1-2-4-13(12)17(19)20/h1-8H,9H2,(H,16,18). The highest BCUT2D eigenvalue weighted by Crippen LogP contribution is 2.17. The van der Waals surface area contributed by atoms with Gasteiger partial charge in [0.1, 0.15) is 5.56 Å². The molecule has 0 saturated carbocycles. The molecule has 0 spiro atoms. The van der Waals surface area contributed by atoms with Gasteiger partial charge in [-0.15, -0.1) is 0 Å². The molecule has 1 N–H and O–H groups in total. The van der Waals surface area contributed by atoms with Crippen molar-refractivity contribution in [1.29, 1.82) is 0 Å². The van der Waals surface area contributed by atoms with E-state index in [-0.39, 0.29) is 11.3 Å². The van der Waals surface area contributed by atoms with Crippen molar-refractivity contribution in [3.8, 4) is 0 Å². The summed E-state index contributed by atoms with van der Waals surface area (Å²) in [4.78, 5) is 22.3. The number of nitro benzene ring substituents is 1. The second kappa shape index (κ2) is 6.29. The van der Waals surface area contributed by atoms with Gasteiger partial charge in [-0.1, -0.05) is 40.2 Å². The van der Waals surface area contributed by atoms with Gasteiger partial charge in [0.2, 0.25) is 0 Å². The topological polar surface area (TPSA) is 72.2 Å². The summed E-state index contributed by atoms with van der Waals surface area (Å²) in [7, 11) is 0. The zero-order chi connectivity index (χ0) is 14.5. The van der Waals surface area contributed by atoms with Crippen LogP contribution in [0.3, 0.4) is 0 Å². The molecule has 6 heteroatoms. The zero-order valence-electron chi connectivity index (χ0n) is 10.4. The van der Waals surface area contributed by atoms with Crippen molar-refractivity contribution < 1.29 is 9.72 Å². The van der Waals surface area contributed by atoms with Crippen molar-refractivity contribution in [1.82, 2.24) is 5.32 Å². The fourth-order valence-electron chi connectivity index (χ4n) is 1.70. The van der Waals surface area contributed by atoms with Gasteiger partial charge in [-0.25, -0.2) is 0 Å². The van der Waals surface area contributed by atoms with Crippen molar-refractivity contribution >= 4 is 27.5 Å². The molecule has 0 radical (unpaired) electrons. The number of carbonyl (C=O) groups is 1. The van der Waals surface area contributed by atoms with Crippen molar-refractivity contribution in [2.45, 2.75) is 6.54 Å². The van der Waals surface area contributed by atoms with Gasteiger partial charge in [-0.2, -0.15) is 0 Å². The SMILES string of the molecule is O=C(NCc1ccc(Br)cc1)c1ccccc1[N+](=O)[O-]. The number of hydrogen-bond donors (Lipinski definition) is 1. The Morgan fingerprint density at radius 2 is 1.80 bits per heavy atom. The van der Waals surface area contributed by atoms with Crippen LogP contribution in [-0.4, -0.2) is 10.8 Å². The molecule has 0 bridgehead atoms. The highest BCUT2D eigenvalue weighted by molar-refractivity contribution is 9.10. The first-order valence-corrected chi connectivity index (χ1v) is 6.63. The normalized spacial score (nSPS) is 10.1. The number of hydrogen-bond acceptors (Lipinski definition) is 3. The first-order valence-electron chi connectivity index (χ1n) is 5.84. The molecule has 0 aromatic heterocycles. The number of nitrogens with one attached hydrogen (secondary N) is 1. The molecule has 1 amide bonds. The second-order valence-corrected chi connectivity index (χ2v) is 5.00. The lowest BCUT2D eigenvalue weighted by Gasteiger charge is -2.06. The lowest BCUT2D eigenvalue weighted by Crippen LogP contribution is -2.23. The van der Waals surface area contributed by atoms with Gasteiger partial charge < -0.3 is 5.32 Å². The van der Waals surface area contributed by atoms with E-state index < -0.39 is 10.8 Å². The highest BCUT2D eigenvalue weighted by atomic mass is 79.9. The molecule has 2 rings (SSSR count). The van der Waals surface area contributed by atoms with Crippen LogP contribution in [0.25, 0.3) is 0 Å². The maximum atomic E-state index is 12.0. The van der Waals surface area contributed by atoms with Crippen molar-refractivity contribution in [2.24, 2.45) is 0 Å². The van der Waals surface area contributed by atoms with Crippen LogP contribution in [0, 0.1) is 10.1 Å². The predicted molar refractivity (Wildman–Crippen MR) is 78.4 cm³/mol. The average molecular weight is 335 g/mol. The monoisotopic (exact) mass is 334 g/mol. The molecular formula is C14H11BrN2O3. The number of halogens is 1. The van der Waals surface area contributed by atoms with Crippen LogP contribution >= 0.6 is 15.9 Å². The maximum Gasteiger partial charge on any atom is 0.282 e. The van der Waals surface area contributed by atoms with Crippen LogP contribution in [-0.2, 0) is 6.54 Å². The van der Waals surface area contributed by atoms with E-state index in [4.69, 9.17) is 0 Å². The number of carbonyl (C=O) groups excluding carboxylic acids is 1. The molecule has 0 atom stereocenters. The van der Waals surface area contributed by atoms with E-state index in [0.29, 0.717) is 6.54 Å². The van der Waals surface area contributed by atoms with Crippen molar-refractivity contribution in [3.05, 3.63) is 74.2 Å². The maximum absolute atomic E-state index is 12.0. The molecule has 2 aromatic rings. The fourth-order valence-corrected chi connectivity index (χ4v) is 1.97. The summed E-state index contributed by atoms with van der Waals surface area (Å²) in [6.45, 7) is 0.318. The first-order chi connectivity index (χ1) is 9.58. The van der Waals surface area contributed by atoms with E-state index in [1.54, 1.807) is 6.07 Å². The van der Waals surface area contributed by atoms with Crippen LogP contribution in [0.15, 0.2) is 53.0 Å². The molecule has 20 heavy (non-hydrogen) atoms. The molecule has 0 aliphatic rings. The third-order valence-corrected chi connectivity index (χ3v) is 3.24. The minimum absolute atomic E-state index is 0.0645. The molecule has 5 nitrogen and oxygen atoms in total. The van der Waals surface area contributed by atoms with Gasteiger partial charge >= 0.3 is 0 Å².